The second kappa shape index (κ2) is 8.13. The summed E-state index contributed by atoms with van der Waals surface area (Å²) in [7, 11) is 0. The summed E-state index contributed by atoms with van der Waals surface area (Å²) in [5.74, 6) is 2.44. The summed E-state index contributed by atoms with van der Waals surface area (Å²) < 4.78 is 6.34. The van der Waals surface area contributed by atoms with E-state index in [0.29, 0.717) is 18.6 Å². The molecule has 0 aromatic carbocycles. The van der Waals surface area contributed by atoms with Crippen molar-refractivity contribution in [3.63, 3.8) is 0 Å². The summed E-state index contributed by atoms with van der Waals surface area (Å²) in [4.78, 5) is 16.2. The molecule has 0 N–H and O–H groups in total. The van der Waals surface area contributed by atoms with E-state index in [1.54, 1.807) is 11.8 Å². The van der Waals surface area contributed by atoms with E-state index in [-0.39, 0.29) is 5.97 Å². The molecule has 1 atom stereocenters. The maximum atomic E-state index is 11.5. The van der Waals surface area contributed by atoms with Crippen molar-refractivity contribution in [1.82, 2.24) is 0 Å². The molecule has 0 aromatic rings. The number of aliphatic imine (C=N–C) groups is 1. The Morgan fingerprint density at radius 2 is 2.20 bits per heavy atom. The molecule has 0 spiro atoms. The molecule has 0 saturated carbocycles. The van der Waals surface area contributed by atoms with Gasteiger partial charge in [-0.2, -0.15) is 0 Å². The lowest BCUT2D eigenvalue weighted by Crippen LogP contribution is -2.22. The van der Waals surface area contributed by atoms with Crippen LogP contribution in [0, 0.1) is 11.3 Å². The zero-order valence-corrected chi connectivity index (χ0v) is 14.6. The number of nitrogens with zero attached hydrogens (tertiary/aromatic N) is 1. The standard InChI is InChI=1S/C15H25NO2S2/c1-11(2)12-10-20-14(16-12)19-9-7-6-8-18-13(17)15(3,4)5/h6-7,11-12H,8-10H2,1-5H3/b7-6-/t12-/m1/s1. The summed E-state index contributed by atoms with van der Waals surface area (Å²) >= 11 is 3.60. The molecule has 0 unspecified atom stereocenters. The number of thioether (sulfide) groups is 2. The van der Waals surface area contributed by atoms with E-state index < -0.39 is 5.41 Å². The van der Waals surface area contributed by atoms with Gasteiger partial charge in [-0.1, -0.05) is 49.5 Å². The van der Waals surface area contributed by atoms with Crippen molar-refractivity contribution >= 4 is 33.9 Å². The van der Waals surface area contributed by atoms with Crippen molar-refractivity contribution in [2.75, 3.05) is 18.1 Å². The summed E-state index contributed by atoms with van der Waals surface area (Å²) in [6.45, 7) is 10.4. The minimum atomic E-state index is -0.427. The Balaban J connectivity index is 2.17. The molecule has 3 nitrogen and oxygen atoms in total. The van der Waals surface area contributed by atoms with Crippen LogP contribution in [-0.2, 0) is 9.53 Å². The van der Waals surface area contributed by atoms with Crippen LogP contribution >= 0.6 is 23.5 Å². The molecular formula is C15H25NO2S2. The number of ether oxygens (including phenoxy) is 1. The second-order valence-electron chi connectivity index (χ2n) is 6.15. The highest BCUT2D eigenvalue weighted by Gasteiger charge is 2.22. The number of esters is 1. The molecule has 20 heavy (non-hydrogen) atoms. The molecule has 114 valence electrons. The van der Waals surface area contributed by atoms with Crippen LogP contribution in [0.25, 0.3) is 0 Å². The van der Waals surface area contributed by atoms with Gasteiger partial charge in [-0.15, -0.1) is 0 Å². The SMILES string of the molecule is CC(C)[C@H]1CSC(SC/C=C\COC(=O)C(C)(C)C)=N1. The summed E-state index contributed by atoms with van der Waals surface area (Å²) in [6, 6.07) is 0.472. The first-order chi connectivity index (χ1) is 9.30. The minimum Gasteiger partial charge on any atom is -0.461 e. The molecule has 0 bridgehead atoms. The number of rotatable bonds is 5. The van der Waals surface area contributed by atoms with Crippen LogP contribution in [-0.4, -0.2) is 34.5 Å². The number of carbonyl (C=O) groups is 1. The molecule has 1 aliphatic rings. The van der Waals surface area contributed by atoms with Gasteiger partial charge in [0.1, 0.15) is 11.0 Å². The topological polar surface area (TPSA) is 38.7 Å². The summed E-state index contributed by atoms with van der Waals surface area (Å²) in [6.07, 6.45) is 3.93. The normalized spacial score (nSPS) is 19.7. The first kappa shape index (κ1) is 17.6. The minimum absolute atomic E-state index is 0.162. The van der Waals surface area contributed by atoms with Crippen LogP contribution in [0.15, 0.2) is 17.1 Å². The summed E-state index contributed by atoms with van der Waals surface area (Å²) in [5, 5.41) is 0. The van der Waals surface area contributed by atoms with Gasteiger partial charge in [-0.05, 0) is 26.7 Å². The predicted octanol–water partition coefficient (Wildman–Crippen LogP) is 3.99. The van der Waals surface area contributed by atoms with E-state index in [9.17, 15) is 4.79 Å². The molecule has 0 radical (unpaired) electrons. The fraction of sp³-hybridized carbons (Fsp3) is 0.733. The molecule has 0 aliphatic carbocycles. The van der Waals surface area contributed by atoms with E-state index >= 15 is 0 Å². The van der Waals surface area contributed by atoms with Crippen molar-refractivity contribution in [3.05, 3.63) is 12.2 Å². The van der Waals surface area contributed by atoms with Crippen molar-refractivity contribution < 1.29 is 9.53 Å². The van der Waals surface area contributed by atoms with Crippen LogP contribution < -0.4 is 0 Å². The highest BCUT2D eigenvalue weighted by atomic mass is 32.2. The number of hydrogen-bond acceptors (Lipinski definition) is 5. The monoisotopic (exact) mass is 315 g/mol. The highest BCUT2D eigenvalue weighted by molar-refractivity contribution is 8.39. The predicted molar refractivity (Wildman–Crippen MR) is 90.5 cm³/mol. The third-order valence-electron chi connectivity index (χ3n) is 2.81. The maximum absolute atomic E-state index is 11.5. The maximum Gasteiger partial charge on any atom is 0.311 e. The van der Waals surface area contributed by atoms with Crippen LogP contribution in [0.2, 0.25) is 0 Å². The van der Waals surface area contributed by atoms with Crippen molar-refractivity contribution in [2.24, 2.45) is 16.3 Å². The third kappa shape index (κ3) is 6.35. The molecular weight excluding hydrogens is 290 g/mol. The average Bonchev–Trinajstić information content (AvgIpc) is 2.81. The zero-order valence-electron chi connectivity index (χ0n) is 13.0. The fourth-order valence-corrected chi connectivity index (χ4v) is 3.69. The molecule has 0 saturated heterocycles. The van der Waals surface area contributed by atoms with Crippen molar-refractivity contribution in [1.29, 1.82) is 0 Å². The first-order valence-electron chi connectivity index (χ1n) is 6.96. The van der Waals surface area contributed by atoms with Gasteiger partial charge in [0.2, 0.25) is 0 Å². The zero-order chi connectivity index (χ0) is 15.2. The van der Waals surface area contributed by atoms with E-state index in [1.807, 2.05) is 44.7 Å². The third-order valence-corrected chi connectivity index (χ3v) is 5.09. The van der Waals surface area contributed by atoms with Crippen LogP contribution in [0.1, 0.15) is 34.6 Å². The lowest BCUT2D eigenvalue weighted by Gasteiger charge is -2.15. The largest absolute Gasteiger partial charge is 0.461 e. The van der Waals surface area contributed by atoms with Gasteiger partial charge in [0.15, 0.2) is 0 Å². The van der Waals surface area contributed by atoms with Crippen molar-refractivity contribution in [2.45, 2.75) is 40.7 Å². The fourth-order valence-electron chi connectivity index (χ4n) is 1.38. The van der Waals surface area contributed by atoms with E-state index in [1.165, 1.54) is 4.38 Å². The molecule has 1 rings (SSSR count). The highest BCUT2D eigenvalue weighted by Crippen LogP contribution is 2.29. The van der Waals surface area contributed by atoms with Crippen LogP contribution in [0.5, 0.6) is 0 Å². The van der Waals surface area contributed by atoms with E-state index in [2.05, 4.69) is 18.8 Å². The van der Waals surface area contributed by atoms with E-state index in [4.69, 9.17) is 4.74 Å². The Bertz CT molecular complexity index is 384. The Morgan fingerprint density at radius 3 is 2.75 bits per heavy atom. The Kier molecular flexibility index (Phi) is 7.17. The van der Waals surface area contributed by atoms with Gasteiger partial charge in [-0.3, -0.25) is 9.79 Å². The van der Waals surface area contributed by atoms with Gasteiger partial charge in [-0.25, -0.2) is 0 Å². The molecule has 0 fully saturated rings. The Morgan fingerprint density at radius 1 is 1.50 bits per heavy atom. The van der Waals surface area contributed by atoms with Gasteiger partial charge >= 0.3 is 5.97 Å². The lowest BCUT2D eigenvalue weighted by molar-refractivity contribution is -0.151. The van der Waals surface area contributed by atoms with E-state index in [0.717, 1.165) is 11.5 Å². The molecule has 0 aromatic heterocycles. The van der Waals surface area contributed by atoms with Gasteiger partial charge in [0, 0.05) is 11.5 Å². The first-order valence-corrected chi connectivity index (χ1v) is 8.93. The van der Waals surface area contributed by atoms with Crippen molar-refractivity contribution in [3.8, 4) is 0 Å². The lowest BCUT2D eigenvalue weighted by atomic mass is 9.97. The number of carbonyl (C=O) groups excluding carboxylic acids is 1. The Hall–Kier alpha value is -0.420. The summed E-state index contributed by atoms with van der Waals surface area (Å²) in [5.41, 5.74) is -0.427. The molecule has 0 amide bonds. The van der Waals surface area contributed by atoms with Gasteiger partial charge < -0.3 is 4.74 Å². The second-order valence-corrected chi connectivity index (χ2v) is 8.42. The van der Waals surface area contributed by atoms with Crippen LogP contribution in [0.4, 0.5) is 0 Å². The molecule has 1 aliphatic heterocycles. The molecule has 5 heteroatoms. The van der Waals surface area contributed by atoms with Crippen LogP contribution in [0.3, 0.4) is 0 Å². The average molecular weight is 316 g/mol. The van der Waals surface area contributed by atoms with Gasteiger partial charge in [0.05, 0.1) is 11.5 Å². The number of hydrogen-bond donors (Lipinski definition) is 0. The Labute approximate surface area is 131 Å². The smallest absolute Gasteiger partial charge is 0.311 e. The quantitative estimate of drug-likeness (QED) is 0.568. The van der Waals surface area contributed by atoms with Gasteiger partial charge in [0.25, 0.3) is 0 Å². The molecule has 1 heterocycles.